The zero-order valence-electron chi connectivity index (χ0n) is 20.2. The molecule has 0 spiro atoms. The molecule has 0 unspecified atom stereocenters. The number of carbonyl (C=O) groups excluding carboxylic acids is 4. The fourth-order valence-electron chi connectivity index (χ4n) is 3.37. The molecule has 188 valence electrons. The van der Waals surface area contributed by atoms with Crippen molar-refractivity contribution in [2.45, 2.75) is 77.9 Å². The van der Waals surface area contributed by atoms with Gasteiger partial charge in [-0.15, -0.1) is 0 Å². The van der Waals surface area contributed by atoms with E-state index in [0.29, 0.717) is 6.42 Å². The van der Waals surface area contributed by atoms with Gasteiger partial charge in [0, 0.05) is 19.3 Å². The van der Waals surface area contributed by atoms with Crippen LogP contribution in [-0.2, 0) is 30.4 Å². The van der Waals surface area contributed by atoms with Crippen molar-refractivity contribution >= 4 is 29.6 Å². The van der Waals surface area contributed by atoms with Gasteiger partial charge >= 0.3 is 5.97 Å². The van der Waals surface area contributed by atoms with Gasteiger partial charge in [-0.05, 0) is 31.2 Å². The molecule has 0 saturated carbocycles. The average molecular weight is 477 g/mol. The second-order valence-electron chi connectivity index (χ2n) is 8.76. The van der Waals surface area contributed by atoms with Crippen LogP contribution in [0.2, 0.25) is 0 Å². The second kappa shape index (κ2) is 14.0. The minimum atomic E-state index is -1.34. The smallest absolute Gasteiger partial charge is 0.326 e. The summed E-state index contributed by atoms with van der Waals surface area (Å²) in [6.45, 7) is 7.38. The maximum atomic E-state index is 13.1. The van der Waals surface area contributed by atoms with Crippen molar-refractivity contribution in [3.63, 3.8) is 0 Å². The van der Waals surface area contributed by atoms with Gasteiger partial charge in [0.2, 0.25) is 23.6 Å². The lowest BCUT2D eigenvalue weighted by Gasteiger charge is -2.25. The number of carboxylic acids is 1. The van der Waals surface area contributed by atoms with Crippen molar-refractivity contribution in [3.05, 3.63) is 35.4 Å². The Morgan fingerprint density at radius 3 is 2.12 bits per heavy atom. The van der Waals surface area contributed by atoms with Crippen LogP contribution in [-0.4, -0.2) is 52.8 Å². The summed E-state index contributed by atoms with van der Waals surface area (Å²) in [4.78, 5) is 60.7. The van der Waals surface area contributed by atoms with Gasteiger partial charge in [-0.2, -0.15) is 0 Å². The molecule has 6 N–H and O–H groups in total. The van der Waals surface area contributed by atoms with E-state index in [1.54, 1.807) is 13.0 Å². The largest absolute Gasteiger partial charge is 0.480 e. The zero-order chi connectivity index (χ0) is 25.8. The summed E-state index contributed by atoms with van der Waals surface area (Å²) in [5, 5.41) is 17.2. The Morgan fingerprint density at radius 1 is 0.971 bits per heavy atom. The van der Waals surface area contributed by atoms with Crippen LogP contribution in [0.1, 0.15) is 57.6 Å². The Labute approximate surface area is 200 Å². The highest BCUT2D eigenvalue weighted by atomic mass is 16.4. The van der Waals surface area contributed by atoms with Crippen molar-refractivity contribution in [2.24, 2.45) is 11.7 Å². The first-order valence-corrected chi connectivity index (χ1v) is 11.4. The summed E-state index contributed by atoms with van der Waals surface area (Å²) in [7, 11) is 0. The van der Waals surface area contributed by atoms with Gasteiger partial charge in [0.1, 0.15) is 18.1 Å². The minimum absolute atomic E-state index is 0.0992. The van der Waals surface area contributed by atoms with E-state index in [4.69, 9.17) is 5.73 Å². The van der Waals surface area contributed by atoms with Crippen LogP contribution >= 0.6 is 0 Å². The molecule has 0 aliphatic heterocycles. The fraction of sp³-hybridized carbons (Fsp3) is 0.542. The van der Waals surface area contributed by atoms with Crippen LogP contribution in [0.15, 0.2) is 24.3 Å². The molecule has 0 aromatic heterocycles. The highest BCUT2D eigenvalue weighted by Gasteiger charge is 2.30. The van der Waals surface area contributed by atoms with Gasteiger partial charge in [-0.25, -0.2) is 4.79 Å². The molecule has 34 heavy (non-hydrogen) atoms. The van der Waals surface area contributed by atoms with E-state index in [-0.39, 0.29) is 37.5 Å². The molecule has 1 aromatic carbocycles. The topological polar surface area (TPSA) is 168 Å². The summed E-state index contributed by atoms with van der Waals surface area (Å²) in [5.74, 6) is -3.44. The van der Waals surface area contributed by atoms with Crippen LogP contribution in [0.25, 0.3) is 0 Å². The van der Waals surface area contributed by atoms with Gasteiger partial charge in [0.15, 0.2) is 0 Å². The minimum Gasteiger partial charge on any atom is -0.480 e. The molecular formula is C24H36N4O6. The predicted octanol–water partition coefficient (Wildman–Crippen LogP) is 0.798. The van der Waals surface area contributed by atoms with E-state index >= 15 is 0 Å². The maximum absolute atomic E-state index is 13.1. The SMILES string of the molecule is CCC(=O)N[C@@H](CC(C)C)C(=O)N[C@@H](Cc1cccc(C)c1)C(=O)N[C@@H](CCC(N)=O)C(=O)O. The molecule has 4 amide bonds. The molecule has 0 bridgehead atoms. The standard InChI is InChI=1S/C24H36N4O6/c1-5-21(30)26-18(11-14(2)3)22(31)28-19(13-16-8-6-7-15(4)12-16)23(32)27-17(24(33)34)9-10-20(25)29/h6-8,12,14,17-19H,5,9-11,13H2,1-4H3,(H2,25,29)(H,26,30)(H,27,32)(H,28,31)(H,33,34)/t17-,18-,19-/m0/s1. The third-order valence-electron chi connectivity index (χ3n) is 5.13. The number of primary amides is 1. The third kappa shape index (κ3) is 10.5. The molecule has 0 fully saturated rings. The number of nitrogens with two attached hydrogens (primary N) is 1. The second-order valence-corrected chi connectivity index (χ2v) is 8.76. The number of aryl methyl sites for hydroxylation is 1. The Hall–Kier alpha value is -3.43. The van der Waals surface area contributed by atoms with Crippen LogP contribution in [0.3, 0.4) is 0 Å². The number of aliphatic carboxylic acids is 1. The third-order valence-corrected chi connectivity index (χ3v) is 5.13. The summed E-state index contributed by atoms with van der Waals surface area (Å²) in [6.07, 6.45) is 0.287. The van der Waals surface area contributed by atoms with Gasteiger partial charge in [-0.3, -0.25) is 19.2 Å². The summed E-state index contributed by atoms with van der Waals surface area (Å²) >= 11 is 0. The van der Waals surface area contributed by atoms with E-state index in [0.717, 1.165) is 11.1 Å². The van der Waals surface area contributed by atoms with E-state index in [1.807, 2.05) is 39.0 Å². The van der Waals surface area contributed by atoms with Gasteiger partial charge in [0.05, 0.1) is 0 Å². The first-order valence-electron chi connectivity index (χ1n) is 11.4. The van der Waals surface area contributed by atoms with Crippen molar-refractivity contribution in [1.82, 2.24) is 16.0 Å². The quantitative estimate of drug-likeness (QED) is 0.266. The summed E-state index contributed by atoms with van der Waals surface area (Å²) in [6, 6.07) is 4.08. The van der Waals surface area contributed by atoms with Gasteiger partial charge < -0.3 is 26.8 Å². The number of hydrogen-bond acceptors (Lipinski definition) is 5. The molecule has 0 saturated heterocycles. The Morgan fingerprint density at radius 2 is 1.59 bits per heavy atom. The molecule has 1 aromatic rings. The molecule has 10 nitrogen and oxygen atoms in total. The van der Waals surface area contributed by atoms with Crippen LogP contribution in [0, 0.1) is 12.8 Å². The van der Waals surface area contributed by atoms with Gasteiger partial charge in [0.25, 0.3) is 0 Å². The van der Waals surface area contributed by atoms with Crippen LogP contribution in [0.4, 0.5) is 0 Å². The zero-order valence-corrected chi connectivity index (χ0v) is 20.2. The fourth-order valence-corrected chi connectivity index (χ4v) is 3.37. The number of carboxylic acid groups (broad SMARTS) is 1. The monoisotopic (exact) mass is 476 g/mol. The maximum Gasteiger partial charge on any atom is 0.326 e. The molecule has 10 heteroatoms. The number of benzene rings is 1. The highest BCUT2D eigenvalue weighted by molar-refractivity contribution is 5.93. The lowest BCUT2D eigenvalue weighted by molar-refractivity contribution is -0.142. The number of amides is 4. The van der Waals surface area contributed by atoms with Crippen molar-refractivity contribution < 1.29 is 29.1 Å². The number of carbonyl (C=O) groups is 5. The average Bonchev–Trinajstić information content (AvgIpc) is 2.74. The van der Waals surface area contributed by atoms with E-state index in [2.05, 4.69) is 16.0 Å². The van der Waals surface area contributed by atoms with E-state index < -0.39 is 41.8 Å². The normalized spacial score (nSPS) is 13.4. The Kier molecular flexibility index (Phi) is 11.8. The number of hydrogen-bond donors (Lipinski definition) is 5. The summed E-state index contributed by atoms with van der Waals surface area (Å²) < 4.78 is 0. The Balaban J connectivity index is 3.13. The van der Waals surface area contributed by atoms with E-state index in [1.165, 1.54) is 0 Å². The first-order chi connectivity index (χ1) is 15.9. The lowest BCUT2D eigenvalue weighted by Crippen LogP contribution is -2.56. The number of rotatable bonds is 14. The molecule has 0 aliphatic carbocycles. The van der Waals surface area contributed by atoms with E-state index in [9.17, 15) is 29.1 Å². The molecule has 1 rings (SSSR count). The molecular weight excluding hydrogens is 440 g/mol. The predicted molar refractivity (Wildman–Crippen MR) is 126 cm³/mol. The molecule has 0 radical (unpaired) electrons. The van der Waals surface area contributed by atoms with Crippen LogP contribution < -0.4 is 21.7 Å². The lowest BCUT2D eigenvalue weighted by atomic mass is 10.00. The first kappa shape index (κ1) is 28.6. The highest BCUT2D eigenvalue weighted by Crippen LogP contribution is 2.10. The molecule has 0 aliphatic rings. The van der Waals surface area contributed by atoms with Crippen LogP contribution in [0.5, 0.6) is 0 Å². The molecule has 0 heterocycles. The summed E-state index contributed by atoms with van der Waals surface area (Å²) in [5.41, 5.74) is 6.83. The number of nitrogens with one attached hydrogen (secondary N) is 3. The van der Waals surface area contributed by atoms with Crippen molar-refractivity contribution in [1.29, 1.82) is 0 Å². The van der Waals surface area contributed by atoms with Gasteiger partial charge in [-0.1, -0.05) is 50.6 Å². The van der Waals surface area contributed by atoms with Crippen molar-refractivity contribution in [2.75, 3.05) is 0 Å². The molecule has 3 atom stereocenters. The van der Waals surface area contributed by atoms with Crippen molar-refractivity contribution in [3.8, 4) is 0 Å². The Bertz CT molecular complexity index is 886.